The molecule has 0 fully saturated rings. The molecule has 2 aromatic carbocycles. The summed E-state index contributed by atoms with van der Waals surface area (Å²) in [6.45, 7) is 3.03. The third-order valence-corrected chi connectivity index (χ3v) is 3.11. The predicted molar refractivity (Wildman–Crippen MR) is 82.5 cm³/mol. The van der Waals surface area contributed by atoms with Crippen molar-refractivity contribution >= 4 is 11.6 Å². The minimum Gasteiger partial charge on any atom is -0.325 e. The molecule has 1 amide bonds. The maximum Gasteiger partial charge on any atom is 0.238 e. The van der Waals surface area contributed by atoms with Crippen LogP contribution in [0.5, 0.6) is 0 Å². The number of carbonyl (C=O) groups excluding carboxylic acids is 1. The normalized spacial score (nSPS) is 10.7. The third kappa shape index (κ3) is 5.00. The van der Waals surface area contributed by atoms with Crippen molar-refractivity contribution in [1.29, 1.82) is 0 Å². The molecule has 0 bridgehead atoms. The van der Waals surface area contributed by atoms with E-state index in [4.69, 9.17) is 0 Å². The largest absolute Gasteiger partial charge is 0.325 e. The zero-order valence-corrected chi connectivity index (χ0v) is 12.3. The fourth-order valence-electron chi connectivity index (χ4n) is 2.04. The van der Waals surface area contributed by atoms with Crippen LogP contribution in [0.1, 0.15) is 11.1 Å². The molecular weight excluding hydrogens is 267 g/mol. The Labute approximate surface area is 124 Å². The second-order valence-electron chi connectivity index (χ2n) is 5.21. The smallest absolute Gasteiger partial charge is 0.238 e. The van der Waals surface area contributed by atoms with Gasteiger partial charge in [-0.05, 0) is 43.8 Å². The Morgan fingerprint density at radius 2 is 1.71 bits per heavy atom. The molecule has 0 unspecified atom stereocenters. The van der Waals surface area contributed by atoms with Crippen LogP contribution in [0.2, 0.25) is 0 Å². The number of hydrogen-bond acceptors (Lipinski definition) is 2. The first-order chi connectivity index (χ1) is 10.0. The molecule has 110 valence electrons. The van der Waals surface area contributed by atoms with Gasteiger partial charge in [-0.1, -0.05) is 29.8 Å². The highest BCUT2D eigenvalue weighted by Gasteiger charge is 2.07. The summed E-state index contributed by atoms with van der Waals surface area (Å²) in [6.07, 6.45) is 0. The molecule has 0 radical (unpaired) electrons. The average molecular weight is 286 g/mol. The molecule has 1 N–H and O–H groups in total. The van der Waals surface area contributed by atoms with Gasteiger partial charge in [0.2, 0.25) is 5.91 Å². The van der Waals surface area contributed by atoms with Gasteiger partial charge >= 0.3 is 0 Å². The minimum atomic E-state index is -0.315. The van der Waals surface area contributed by atoms with Gasteiger partial charge in [0.1, 0.15) is 5.82 Å². The molecule has 0 aromatic heterocycles. The van der Waals surface area contributed by atoms with Gasteiger partial charge in [-0.3, -0.25) is 9.69 Å². The Hall–Kier alpha value is -2.20. The molecule has 21 heavy (non-hydrogen) atoms. The first kappa shape index (κ1) is 15.2. The molecule has 0 saturated carbocycles. The molecule has 0 saturated heterocycles. The Kier molecular flexibility index (Phi) is 5.06. The average Bonchev–Trinajstić information content (AvgIpc) is 2.44. The second kappa shape index (κ2) is 6.99. The summed E-state index contributed by atoms with van der Waals surface area (Å²) in [5.41, 5.74) is 2.98. The summed E-state index contributed by atoms with van der Waals surface area (Å²) in [5.74, 6) is -0.430. The van der Waals surface area contributed by atoms with Crippen LogP contribution in [0.3, 0.4) is 0 Å². The Morgan fingerprint density at radius 1 is 1.10 bits per heavy atom. The van der Waals surface area contributed by atoms with Crippen LogP contribution in [0.25, 0.3) is 0 Å². The lowest BCUT2D eigenvalue weighted by Gasteiger charge is -2.16. The van der Waals surface area contributed by atoms with Crippen molar-refractivity contribution in [2.24, 2.45) is 0 Å². The highest BCUT2D eigenvalue weighted by Crippen LogP contribution is 2.09. The second-order valence-corrected chi connectivity index (χ2v) is 5.21. The Morgan fingerprint density at radius 3 is 2.33 bits per heavy atom. The number of carbonyl (C=O) groups is 1. The van der Waals surface area contributed by atoms with Crippen molar-refractivity contribution in [2.75, 3.05) is 18.9 Å². The Bertz CT molecular complexity index is 593. The van der Waals surface area contributed by atoms with Gasteiger partial charge in [-0.15, -0.1) is 0 Å². The number of benzene rings is 2. The van der Waals surface area contributed by atoms with Crippen molar-refractivity contribution in [3.8, 4) is 0 Å². The molecule has 2 rings (SSSR count). The van der Waals surface area contributed by atoms with Crippen LogP contribution in [0, 0.1) is 12.7 Å². The number of hydrogen-bond donors (Lipinski definition) is 1. The number of nitrogens with one attached hydrogen (secondary N) is 1. The summed E-state index contributed by atoms with van der Waals surface area (Å²) in [6, 6.07) is 14.0. The van der Waals surface area contributed by atoms with E-state index in [0.717, 1.165) is 5.56 Å². The number of rotatable bonds is 5. The lowest BCUT2D eigenvalue weighted by molar-refractivity contribution is -0.117. The molecule has 0 aliphatic rings. The number of amides is 1. The van der Waals surface area contributed by atoms with E-state index in [0.29, 0.717) is 12.2 Å². The van der Waals surface area contributed by atoms with Crippen LogP contribution < -0.4 is 5.32 Å². The molecule has 2 aromatic rings. The van der Waals surface area contributed by atoms with Gasteiger partial charge in [-0.2, -0.15) is 0 Å². The number of likely N-dealkylation sites (N-methyl/N-ethyl adjacent to an activating group) is 1. The summed E-state index contributed by atoms with van der Waals surface area (Å²) in [7, 11) is 1.89. The first-order valence-electron chi connectivity index (χ1n) is 6.82. The minimum absolute atomic E-state index is 0.115. The van der Waals surface area contributed by atoms with Gasteiger partial charge in [0.05, 0.1) is 6.54 Å². The van der Waals surface area contributed by atoms with E-state index < -0.39 is 0 Å². The number of nitrogens with zero attached hydrogens (tertiary/aromatic N) is 1. The fourth-order valence-corrected chi connectivity index (χ4v) is 2.04. The van der Waals surface area contributed by atoms with Crippen LogP contribution in [-0.4, -0.2) is 24.4 Å². The molecule has 4 heteroatoms. The predicted octanol–water partition coefficient (Wildman–Crippen LogP) is 3.20. The molecule has 3 nitrogen and oxygen atoms in total. The van der Waals surface area contributed by atoms with Gasteiger partial charge in [0, 0.05) is 12.2 Å². The molecular formula is C17H19FN2O. The third-order valence-electron chi connectivity index (χ3n) is 3.11. The molecule has 0 spiro atoms. The topological polar surface area (TPSA) is 32.3 Å². The van der Waals surface area contributed by atoms with Gasteiger partial charge in [0.15, 0.2) is 0 Å². The molecule has 0 aliphatic heterocycles. The van der Waals surface area contributed by atoms with E-state index >= 15 is 0 Å². The zero-order chi connectivity index (χ0) is 15.2. The monoisotopic (exact) mass is 286 g/mol. The standard InChI is InChI=1S/C17H19FN2O/c1-13-3-5-14(6-4-13)11-20(2)12-17(21)19-16-9-7-15(18)8-10-16/h3-10H,11-12H2,1-2H3,(H,19,21). The van der Waals surface area contributed by atoms with Gasteiger partial charge in [-0.25, -0.2) is 4.39 Å². The van der Waals surface area contributed by atoms with Gasteiger partial charge < -0.3 is 5.32 Å². The van der Waals surface area contributed by atoms with Gasteiger partial charge in [0.25, 0.3) is 0 Å². The van der Waals surface area contributed by atoms with Crippen molar-refractivity contribution in [1.82, 2.24) is 4.90 Å². The Balaban J connectivity index is 1.84. The number of aryl methyl sites for hydroxylation is 1. The summed E-state index contributed by atoms with van der Waals surface area (Å²) in [5, 5.41) is 2.75. The van der Waals surface area contributed by atoms with E-state index in [-0.39, 0.29) is 18.3 Å². The molecule has 0 heterocycles. The molecule has 0 atom stereocenters. The van der Waals surface area contributed by atoms with Crippen molar-refractivity contribution in [3.05, 3.63) is 65.5 Å². The highest BCUT2D eigenvalue weighted by atomic mass is 19.1. The van der Waals surface area contributed by atoms with Crippen molar-refractivity contribution in [2.45, 2.75) is 13.5 Å². The van der Waals surface area contributed by atoms with E-state index in [1.807, 2.05) is 18.9 Å². The SMILES string of the molecule is Cc1ccc(CN(C)CC(=O)Nc2ccc(F)cc2)cc1. The highest BCUT2D eigenvalue weighted by molar-refractivity contribution is 5.92. The lowest BCUT2D eigenvalue weighted by Crippen LogP contribution is -2.29. The van der Waals surface area contributed by atoms with Crippen LogP contribution in [0.4, 0.5) is 10.1 Å². The van der Waals surface area contributed by atoms with Crippen LogP contribution in [-0.2, 0) is 11.3 Å². The van der Waals surface area contributed by atoms with E-state index in [1.165, 1.54) is 17.7 Å². The molecule has 0 aliphatic carbocycles. The van der Waals surface area contributed by atoms with Crippen LogP contribution in [0.15, 0.2) is 48.5 Å². The summed E-state index contributed by atoms with van der Waals surface area (Å²) in [4.78, 5) is 13.8. The van der Waals surface area contributed by atoms with E-state index in [9.17, 15) is 9.18 Å². The van der Waals surface area contributed by atoms with Crippen molar-refractivity contribution in [3.63, 3.8) is 0 Å². The fraction of sp³-hybridized carbons (Fsp3) is 0.235. The van der Waals surface area contributed by atoms with Crippen molar-refractivity contribution < 1.29 is 9.18 Å². The summed E-state index contributed by atoms with van der Waals surface area (Å²) < 4.78 is 12.8. The zero-order valence-electron chi connectivity index (χ0n) is 12.3. The van der Waals surface area contributed by atoms with E-state index in [1.54, 1.807) is 12.1 Å². The van der Waals surface area contributed by atoms with E-state index in [2.05, 4.69) is 29.6 Å². The lowest BCUT2D eigenvalue weighted by atomic mass is 10.1. The summed E-state index contributed by atoms with van der Waals surface area (Å²) >= 11 is 0. The maximum absolute atomic E-state index is 12.8. The number of anilines is 1. The quantitative estimate of drug-likeness (QED) is 0.915. The number of halogens is 1. The first-order valence-corrected chi connectivity index (χ1v) is 6.82. The maximum atomic E-state index is 12.8. The van der Waals surface area contributed by atoms with Crippen LogP contribution >= 0.6 is 0 Å².